The topological polar surface area (TPSA) is 50.4 Å². The molecule has 0 aliphatic heterocycles. The first-order valence-corrected chi connectivity index (χ1v) is 8.26. The molecule has 0 aliphatic carbocycles. The number of amides is 2. The molecule has 0 radical (unpaired) electrons. The molecule has 1 unspecified atom stereocenters. The third-order valence-corrected chi connectivity index (χ3v) is 4.33. The van der Waals surface area contributed by atoms with E-state index in [2.05, 4.69) is 10.6 Å². The van der Waals surface area contributed by atoms with E-state index >= 15 is 0 Å². The van der Waals surface area contributed by atoms with Gasteiger partial charge in [-0.15, -0.1) is 0 Å². The summed E-state index contributed by atoms with van der Waals surface area (Å²) in [5.41, 5.74) is 1.21. The third kappa shape index (κ3) is 5.13. The SMILES string of the molecule is COC(C)(CNC(=O)NCc1ccc(Cl)cc1)c1cccc(Cl)c1. The average Bonchev–Trinajstić information content (AvgIpc) is 2.59. The number of methoxy groups -OCH3 is 1. The van der Waals surface area contributed by atoms with Crippen LogP contribution < -0.4 is 10.6 Å². The van der Waals surface area contributed by atoms with Gasteiger partial charge in [0.2, 0.25) is 0 Å². The number of urea groups is 1. The second-order valence-electron chi connectivity index (χ2n) is 5.61. The molecule has 6 heteroatoms. The summed E-state index contributed by atoms with van der Waals surface area (Å²) in [6.45, 7) is 2.64. The van der Waals surface area contributed by atoms with E-state index in [1.165, 1.54) is 0 Å². The molecule has 4 nitrogen and oxygen atoms in total. The molecule has 0 saturated carbocycles. The Labute approximate surface area is 152 Å². The Bertz CT molecular complexity index is 692. The fourth-order valence-electron chi connectivity index (χ4n) is 2.21. The summed E-state index contributed by atoms with van der Waals surface area (Å²) in [5, 5.41) is 6.93. The highest BCUT2D eigenvalue weighted by Gasteiger charge is 2.27. The van der Waals surface area contributed by atoms with Crippen molar-refractivity contribution in [3.63, 3.8) is 0 Å². The number of carbonyl (C=O) groups excluding carboxylic acids is 1. The molecule has 2 N–H and O–H groups in total. The summed E-state index contributed by atoms with van der Waals surface area (Å²) in [4.78, 5) is 12.0. The Morgan fingerprint density at radius 3 is 2.42 bits per heavy atom. The maximum absolute atomic E-state index is 12.0. The van der Waals surface area contributed by atoms with Crippen LogP contribution in [-0.4, -0.2) is 19.7 Å². The van der Waals surface area contributed by atoms with Crippen LogP contribution in [0, 0.1) is 0 Å². The Balaban J connectivity index is 1.90. The van der Waals surface area contributed by atoms with Crippen LogP contribution in [0.25, 0.3) is 0 Å². The molecule has 128 valence electrons. The van der Waals surface area contributed by atoms with Gasteiger partial charge in [0.05, 0.1) is 6.54 Å². The summed E-state index contributed by atoms with van der Waals surface area (Å²) in [5.74, 6) is 0. The molecule has 2 aromatic carbocycles. The maximum Gasteiger partial charge on any atom is 0.315 e. The van der Waals surface area contributed by atoms with Gasteiger partial charge in [0.25, 0.3) is 0 Å². The quantitative estimate of drug-likeness (QED) is 0.797. The lowest BCUT2D eigenvalue weighted by Crippen LogP contribution is -2.44. The molecular formula is C18H20Cl2N2O2. The van der Waals surface area contributed by atoms with Crippen molar-refractivity contribution < 1.29 is 9.53 Å². The standard InChI is InChI=1S/C18H20Cl2N2O2/c1-18(24-2,14-4-3-5-16(20)10-14)12-22-17(23)21-11-13-6-8-15(19)9-7-13/h3-10H,11-12H2,1-2H3,(H2,21,22,23). The Morgan fingerprint density at radius 2 is 1.79 bits per heavy atom. The van der Waals surface area contributed by atoms with Gasteiger partial charge in [-0.2, -0.15) is 0 Å². The van der Waals surface area contributed by atoms with Crippen molar-refractivity contribution in [2.75, 3.05) is 13.7 Å². The Kier molecular flexibility index (Phi) is 6.49. The zero-order valence-electron chi connectivity index (χ0n) is 13.6. The summed E-state index contributed by atoms with van der Waals surface area (Å²) in [6, 6.07) is 14.5. The van der Waals surface area contributed by atoms with Crippen LogP contribution in [0.5, 0.6) is 0 Å². The minimum Gasteiger partial charge on any atom is -0.372 e. The van der Waals surface area contributed by atoms with Gasteiger partial charge >= 0.3 is 6.03 Å². The zero-order valence-corrected chi connectivity index (χ0v) is 15.1. The van der Waals surface area contributed by atoms with E-state index in [1.54, 1.807) is 25.3 Å². The van der Waals surface area contributed by atoms with Gasteiger partial charge in [0.1, 0.15) is 5.60 Å². The van der Waals surface area contributed by atoms with Gasteiger partial charge in [-0.3, -0.25) is 0 Å². The molecule has 2 rings (SSSR count). The van der Waals surface area contributed by atoms with Crippen LogP contribution in [0.15, 0.2) is 48.5 Å². The number of halogens is 2. The van der Waals surface area contributed by atoms with Gasteiger partial charge in [0.15, 0.2) is 0 Å². The summed E-state index contributed by atoms with van der Waals surface area (Å²) >= 11 is 11.9. The number of rotatable bonds is 6. The molecule has 0 spiro atoms. The number of benzene rings is 2. The van der Waals surface area contributed by atoms with Crippen LogP contribution in [0.1, 0.15) is 18.1 Å². The zero-order chi connectivity index (χ0) is 17.6. The van der Waals surface area contributed by atoms with E-state index in [4.69, 9.17) is 27.9 Å². The largest absolute Gasteiger partial charge is 0.372 e. The van der Waals surface area contributed by atoms with E-state index in [9.17, 15) is 4.79 Å². The van der Waals surface area contributed by atoms with Crippen molar-refractivity contribution >= 4 is 29.2 Å². The number of hydrogen-bond donors (Lipinski definition) is 2. The lowest BCUT2D eigenvalue weighted by atomic mass is 9.96. The van der Waals surface area contributed by atoms with E-state index in [1.807, 2.05) is 37.3 Å². The summed E-state index contributed by atoms with van der Waals surface area (Å²) < 4.78 is 5.59. The van der Waals surface area contributed by atoms with Crippen molar-refractivity contribution in [1.82, 2.24) is 10.6 Å². The van der Waals surface area contributed by atoms with E-state index in [0.29, 0.717) is 23.1 Å². The van der Waals surface area contributed by atoms with Crippen molar-refractivity contribution in [3.05, 3.63) is 69.7 Å². The van der Waals surface area contributed by atoms with Crippen LogP contribution in [0.4, 0.5) is 4.79 Å². The molecule has 2 aromatic rings. The van der Waals surface area contributed by atoms with Crippen LogP contribution in [0.3, 0.4) is 0 Å². The Hall–Kier alpha value is -1.75. The molecular weight excluding hydrogens is 347 g/mol. The highest BCUT2D eigenvalue weighted by molar-refractivity contribution is 6.30. The van der Waals surface area contributed by atoms with E-state index < -0.39 is 5.60 Å². The minimum absolute atomic E-state index is 0.268. The van der Waals surface area contributed by atoms with Gasteiger partial charge in [-0.25, -0.2) is 4.79 Å². The van der Waals surface area contributed by atoms with Gasteiger partial charge in [0, 0.05) is 23.7 Å². The van der Waals surface area contributed by atoms with Crippen LogP contribution >= 0.6 is 23.2 Å². The smallest absolute Gasteiger partial charge is 0.315 e. The van der Waals surface area contributed by atoms with Crippen molar-refractivity contribution in [2.24, 2.45) is 0 Å². The molecule has 0 heterocycles. The highest BCUT2D eigenvalue weighted by atomic mass is 35.5. The van der Waals surface area contributed by atoms with E-state index in [0.717, 1.165) is 11.1 Å². The van der Waals surface area contributed by atoms with E-state index in [-0.39, 0.29) is 6.03 Å². The molecule has 0 aromatic heterocycles. The third-order valence-electron chi connectivity index (χ3n) is 3.84. The number of hydrogen-bond acceptors (Lipinski definition) is 2. The predicted molar refractivity (Wildman–Crippen MR) is 97.5 cm³/mol. The van der Waals surface area contributed by atoms with Crippen molar-refractivity contribution in [3.8, 4) is 0 Å². The number of ether oxygens (including phenoxy) is 1. The van der Waals surface area contributed by atoms with Gasteiger partial charge < -0.3 is 15.4 Å². The summed E-state index contributed by atoms with van der Waals surface area (Å²) in [6.07, 6.45) is 0. The maximum atomic E-state index is 12.0. The van der Waals surface area contributed by atoms with Crippen molar-refractivity contribution in [1.29, 1.82) is 0 Å². The molecule has 0 bridgehead atoms. The minimum atomic E-state index is -0.664. The predicted octanol–water partition coefficient (Wildman–Crippen LogP) is 4.35. The molecule has 1 atom stereocenters. The number of nitrogens with one attached hydrogen (secondary N) is 2. The molecule has 0 saturated heterocycles. The van der Waals surface area contributed by atoms with Crippen LogP contribution in [-0.2, 0) is 16.9 Å². The molecule has 0 fully saturated rings. The second kappa shape index (κ2) is 8.38. The molecule has 24 heavy (non-hydrogen) atoms. The Morgan fingerprint density at radius 1 is 1.08 bits per heavy atom. The second-order valence-corrected chi connectivity index (χ2v) is 6.48. The summed E-state index contributed by atoms with van der Waals surface area (Å²) in [7, 11) is 1.61. The van der Waals surface area contributed by atoms with Crippen molar-refractivity contribution in [2.45, 2.75) is 19.1 Å². The first kappa shape index (κ1) is 18.6. The average molecular weight is 367 g/mol. The normalized spacial score (nSPS) is 13.2. The number of carbonyl (C=O) groups is 1. The lowest BCUT2D eigenvalue weighted by Gasteiger charge is -2.29. The highest BCUT2D eigenvalue weighted by Crippen LogP contribution is 2.26. The lowest BCUT2D eigenvalue weighted by molar-refractivity contribution is 0.00488. The molecule has 0 aliphatic rings. The molecule has 2 amide bonds. The first-order valence-electron chi connectivity index (χ1n) is 7.50. The monoisotopic (exact) mass is 366 g/mol. The van der Waals surface area contributed by atoms with Gasteiger partial charge in [-0.1, -0.05) is 47.5 Å². The van der Waals surface area contributed by atoms with Gasteiger partial charge in [-0.05, 0) is 42.3 Å². The first-order chi connectivity index (χ1) is 11.4. The fourth-order valence-corrected chi connectivity index (χ4v) is 2.52. The van der Waals surface area contributed by atoms with Crippen LogP contribution in [0.2, 0.25) is 10.0 Å². The fraction of sp³-hybridized carbons (Fsp3) is 0.278.